The molecule has 0 spiro atoms. The first kappa shape index (κ1) is 21.7. The van der Waals surface area contributed by atoms with Crippen LogP contribution in [0.3, 0.4) is 0 Å². The van der Waals surface area contributed by atoms with Gasteiger partial charge < -0.3 is 24.4 Å². The number of carbonyl (C=O) groups excluding carboxylic acids is 1. The Morgan fingerprint density at radius 1 is 1.29 bits per heavy atom. The number of piperidine rings is 1. The molecule has 4 rings (SSSR count). The Balaban J connectivity index is 1.69. The molecule has 6 nitrogen and oxygen atoms in total. The zero-order chi connectivity index (χ0) is 22.1. The Morgan fingerprint density at radius 3 is 2.77 bits per heavy atom. The molecule has 2 aromatic rings. The van der Waals surface area contributed by atoms with Crippen LogP contribution >= 0.6 is 0 Å². The molecule has 3 atom stereocenters. The molecule has 1 unspecified atom stereocenters. The molecule has 31 heavy (non-hydrogen) atoms. The molecule has 0 radical (unpaired) electrons. The molecule has 1 aliphatic heterocycles. The molecule has 1 saturated heterocycles. The summed E-state index contributed by atoms with van der Waals surface area (Å²) in [7, 11) is 5.98. The minimum Gasteiger partial charge on any atom is -0.372 e. The van der Waals surface area contributed by atoms with Crippen molar-refractivity contribution in [3.05, 3.63) is 35.0 Å². The van der Waals surface area contributed by atoms with Crippen LogP contribution < -0.4 is 5.32 Å². The van der Waals surface area contributed by atoms with Crippen molar-refractivity contribution >= 4 is 16.9 Å². The first-order chi connectivity index (χ1) is 15.0. The van der Waals surface area contributed by atoms with Gasteiger partial charge in [-0.25, -0.2) is 4.79 Å². The number of likely N-dealkylation sites (tertiary alicyclic amines) is 1. The van der Waals surface area contributed by atoms with Crippen molar-refractivity contribution in [1.82, 2.24) is 19.7 Å². The van der Waals surface area contributed by atoms with Gasteiger partial charge in [-0.2, -0.15) is 0 Å². The molecule has 2 amide bonds. The van der Waals surface area contributed by atoms with Gasteiger partial charge in [0.05, 0.1) is 5.69 Å². The van der Waals surface area contributed by atoms with Gasteiger partial charge in [-0.3, -0.25) is 0 Å². The van der Waals surface area contributed by atoms with Gasteiger partial charge in [-0.1, -0.05) is 18.1 Å². The van der Waals surface area contributed by atoms with E-state index in [1.54, 1.807) is 7.11 Å². The number of benzene rings is 1. The standard InChI is InChI=1S/C25H34N4O2/c1-6-29(7-2)25(30)26-17-14-19-18-10-8-11-22-24(18)20(15-23(19)27(3)16-17)21(28(22)4)12-9-13-31-5/h8,10-11,17,19,23H,6-7,13-16H2,1-5H3,(H,26,30)/t17-,19?,23+/m0/s1. The number of amides is 2. The van der Waals surface area contributed by atoms with Gasteiger partial charge in [-0.15, -0.1) is 0 Å². The van der Waals surface area contributed by atoms with E-state index < -0.39 is 0 Å². The van der Waals surface area contributed by atoms with E-state index in [1.165, 1.54) is 22.0 Å². The number of hydrogen-bond acceptors (Lipinski definition) is 3. The molecule has 0 saturated carbocycles. The number of likely N-dealkylation sites (N-methyl/N-ethyl adjacent to an activating group) is 1. The minimum atomic E-state index is 0.0481. The van der Waals surface area contributed by atoms with Crippen molar-refractivity contribution in [2.75, 3.05) is 40.4 Å². The lowest BCUT2D eigenvalue weighted by Crippen LogP contribution is -2.56. The molecular weight excluding hydrogens is 388 g/mol. The number of carbonyl (C=O) groups is 1. The largest absolute Gasteiger partial charge is 0.372 e. The summed E-state index contributed by atoms with van der Waals surface area (Å²) in [4.78, 5) is 17.0. The fourth-order valence-corrected chi connectivity index (χ4v) is 5.52. The number of nitrogens with one attached hydrogen (secondary N) is 1. The average Bonchev–Trinajstić information content (AvgIpc) is 3.03. The van der Waals surface area contributed by atoms with Crippen LogP contribution in [0.15, 0.2) is 18.2 Å². The monoisotopic (exact) mass is 422 g/mol. The van der Waals surface area contributed by atoms with Gasteiger partial charge in [0.1, 0.15) is 6.61 Å². The highest BCUT2D eigenvalue weighted by atomic mass is 16.5. The highest BCUT2D eigenvalue weighted by molar-refractivity contribution is 5.91. The van der Waals surface area contributed by atoms with E-state index in [-0.39, 0.29) is 12.1 Å². The Hall–Kier alpha value is -2.49. The second-order valence-corrected chi connectivity index (χ2v) is 8.73. The lowest BCUT2D eigenvalue weighted by atomic mass is 9.73. The molecular formula is C25H34N4O2. The van der Waals surface area contributed by atoms with E-state index in [0.29, 0.717) is 18.6 Å². The van der Waals surface area contributed by atoms with E-state index >= 15 is 0 Å². The Labute approximate surface area is 185 Å². The summed E-state index contributed by atoms with van der Waals surface area (Å²) >= 11 is 0. The second kappa shape index (κ2) is 8.94. The topological polar surface area (TPSA) is 49.7 Å². The van der Waals surface area contributed by atoms with E-state index in [1.807, 2.05) is 18.7 Å². The SMILES string of the molecule is CCN(CC)C(=O)N[C@H]1CC2c3cccc4c3c(c(C#CCOC)n4C)C[C@H]2N(C)C1. The number of aryl methyl sites for hydroxylation is 1. The molecule has 1 aromatic heterocycles. The maximum atomic E-state index is 12.7. The van der Waals surface area contributed by atoms with Crippen LogP contribution in [-0.2, 0) is 18.2 Å². The third kappa shape index (κ3) is 3.81. The number of ether oxygens (including phenoxy) is 1. The molecule has 6 heteroatoms. The van der Waals surface area contributed by atoms with Gasteiger partial charge >= 0.3 is 6.03 Å². The average molecular weight is 423 g/mol. The lowest BCUT2D eigenvalue weighted by molar-refractivity contribution is 0.124. The maximum Gasteiger partial charge on any atom is 0.317 e. The second-order valence-electron chi connectivity index (χ2n) is 8.73. The Morgan fingerprint density at radius 2 is 2.06 bits per heavy atom. The zero-order valence-electron chi connectivity index (χ0n) is 19.4. The van der Waals surface area contributed by atoms with E-state index in [9.17, 15) is 4.79 Å². The van der Waals surface area contributed by atoms with Gasteiger partial charge in [0.25, 0.3) is 0 Å². The van der Waals surface area contributed by atoms with Crippen molar-refractivity contribution in [3.8, 4) is 11.8 Å². The van der Waals surface area contributed by atoms with Gasteiger partial charge in [0, 0.05) is 62.7 Å². The van der Waals surface area contributed by atoms with Crippen LogP contribution in [0.1, 0.15) is 43.0 Å². The number of nitrogens with zero attached hydrogens (tertiary/aromatic N) is 3. The van der Waals surface area contributed by atoms with Crippen LogP contribution in [0, 0.1) is 11.8 Å². The number of urea groups is 1. The van der Waals surface area contributed by atoms with Crippen molar-refractivity contribution in [1.29, 1.82) is 0 Å². The van der Waals surface area contributed by atoms with Crippen LogP contribution in [0.2, 0.25) is 0 Å². The summed E-state index contributed by atoms with van der Waals surface area (Å²) in [5, 5.41) is 4.65. The smallest absolute Gasteiger partial charge is 0.317 e. The van der Waals surface area contributed by atoms with Crippen molar-refractivity contribution in [2.24, 2.45) is 7.05 Å². The maximum absolute atomic E-state index is 12.7. The molecule has 1 fully saturated rings. The molecule has 166 valence electrons. The molecule has 1 aliphatic carbocycles. The first-order valence-electron chi connectivity index (χ1n) is 11.3. The molecule has 0 bridgehead atoms. The summed E-state index contributed by atoms with van der Waals surface area (Å²) in [6.45, 7) is 6.83. The summed E-state index contributed by atoms with van der Waals surface area (Å²) in [6, 6.07) is 7.25. The summed E-state index contributed by atoms with van der Waals surface area (Å²) in [5.41, 5.74) is 5.09. The number of aromatic nitrogens is 1. The van der Waals surface area contributed by atoms with Crippen LogP contribution in [0.25, 0.3) is 10.9 Å². The summed E-state index contributed by atoms with van der Waals surface area (Å²) in [5.74, 6) is 6.91. The van der Waals surface area contributed by atoms with Crippen molar-refractivity contribution in [3.63, 3.8) is 0 Å². The van der Waals surface area contributed by atoms with E-state index in [0.717, 1.165) is 38.2 Å². The number of hydrogen-bond donors (Lipinski definition) is 1. The molecule has 1 N–H and O–H groups in total. The lowest BCUT2D eigenvalue weighted by Gasteiger charge is -2.46. The molecule has 1 aromatic carbocycles. The first-order valence-corrected chi connectivity index (χ1v) is 11.3. The third-order valence-corrected chi connectivity index (χ3v) is 7.05. The number of rotatable bonds is 4. The highest BCUT2D eigenvalue weighted by Crippen LogP contribution is 2.44. The predicted octanol–water partition coefficient (Wildman–Crippen LogP) is 2.94. The number of fused-ring (bicyclic) bond motifs is 2. The highest BCUT2D eigenvalue weighted by Gasteiger charge is 2.41. The third-order valence-electron chi connectivity index (χ3n) is 7.05. The summed E-state index contributed by atoms with van der Waals surface area (Å²) in [6.07, 6.45) is 1.96. The van der Waals surface area contributed by atoms with Crippen molar-refractivity contribution < 1.29 is 9.53 Å². The quantitative estimate of drug-likeness (QED) is 0.771. The van der Waals surface area contributed by atoms with Gasteiger partial charge in [-0.05, 0) is 56.9 Å². The van der Waals surface area contributed by atoms with Crippen LogP contribution in [-0.4, -0.2) is 72.9 Å². The minimum absolute atomic E-state index is 0.0481. The van der Waals surface area contributed by atoms with Crippen molar-refractivity contribution in [2.45, 2.75) is 44.7 Å². The summed E-state index contributed by atoms with van der Waals surface area (Å²) < 4.78 is 7.37. The Kier molecular flexibility index (Phi) is 6.27. The molecule has 2 aliphatic rings. The van der Waals surface area contributed by atoms with Crippen LogP contribution in [0.4, 0.5) is 4.79 Å². The van der Waals surface area contributed by atoms with E-state index in [4.69, 9.17) is 4.74 Å². The zero-order valence-corrected chi connectivity index (χ0v) is 19.4. The van der Waals surface area contributed by atoms with E-state index in [2.05, 4.69) is 58.9 Å². The predicted molar refractivity (Wildman–Crippen MR) is 124 cm³/mol. The fourth-order valence-electron chi connectivity index (χ4n) is 5.52. The fraction of sp³-hybridized carbons (Fsp3) is 0.560. The van der Waals surface area contributed by atoms with Gasteiger partial charge in [0.2, 0.25) is 0 Å². The van der Waals surface area contributed by atoms with Crippen LogP contribution in [0.5, 0.6) is 0 Å². The Bertz CT molecular complexity index is 1030. The van der Waals surface area contributed by atoms with Gasteiger partial charge in [0.15, 0.2) is 0 Å². The normalized spacial score (nSPS) is 22.5. The molecule has 2 heterocycles. The number of methoxy groups -OCH3 is 1.